The molecule has 1 aliphatic heterocycles. The van der Waals surface area contributed by atoms with Crippen LogP contribution in [0, 0.1) is 0 Å². The van der Waals surface area contributed by atoms with Crippen molar-refractivity contribution in [3.63, 3.8) is 0 Å². The molecule has 0 radical (unpaired) electrons. The number of aryl methyl sites for hydroxylation is 2. The maximum absolute atomic E-state index is 12.3. The quantitative estimate of drug-likeness (QED) is 0.129. The molecule has 6 aromatic rings. The number of fused-ring (bicyclic) bond motifs is 2. The van der Waals surface area contributed by atoms with Gasteiger partial charge >= 0.3 is 0 Å². The fourth-order valence-electron chi connectivity index (χ4n) is 6.38. The highest BCUT2D eigenvalue weighted by molar-refractivity contribution is 5.86. The molecular weight excluding hydrogens is 602 g/mol. The van der Waals surface area contributed by atoms with E-state index < -0.39 is 0 Å². The van der Waals surface area contributed by atoms with Gasteiger partial charge in [0.1, 0.15) is 17.4 Å². The number of ether oxygens (including phenoxy) is 1. The average molecular weight is 646 g/mol. The maximum atomic E-state index is 12.3. The number of benzene rings is 3. The number of aromatic amines is 2. The summed E-state index contributed by atoms with van der Waals surface area (Å²) in [6.07, 6.45) is 7.07. The highest BCUT2D eigenvalue weighted by Gasteiger charge is 2.19. The van der Waals surface area contributed by atoms with Crippen LogP contribution in [0.15, 0.2) is 66.9 Å². The molecule has 3 aromatic heterocycles. The van der Waals surface area contributed by atoms with Crippen LogP contribution in [0.3, 0.4) is 0 Å². The maximum Gasteiger partial charge on any atom is 0.220 e. The Kier molecular flexibility index (Phi) is 9.46. The first-order valence-electron chi connectivity index (χ1n) is 17.1. The van der Waals surface area contributed by atoms with E-state index >= 15 is 0 Å². The number of aromatic nitrogens is 7. The highest BCUT2D eigenvalue weighted by atomic mass is 16.5. The van der Waals surface area contributed by atoms with Gasteiger partial charge in [-0.05, 0) is 106 Å². The Bertz CT molecular complexity index is 2000. The van der Waals surface area contributed by atoms with Crippen molar-refractivity contribution >= 4 is 28.0 Å². The molecule has 3 aromatic carbocycles. The van der Waals surface area contributed by atoms with Crippen molar-refractivity contribution in [3.8, 4) is 28.5 Å². The summed E-state index contributed by atoms with van der Waals surface area (Å²) in [6, 6.07) is 20.8. The zero-order valence-electron chi connectivity index (χ0n) is 27.7. The fourth-order valence-corrected chi connectivity index (χ4v) is 6.38. The Morgan fingerprint density at radius 1 is 0.938 bits per heavy atom. The van der Waals surface area contributed by atoms with Crippen molar-refractivity contribution in [2.45, 2.75) is 57.9 Å². The summed E-state index contributed by atoms with van der Waals surface area (Å²) in [4.78, 5) is 31.5. The van der Waals surface area contributed by atoms with Crippen molar-refractivity contribution in [1.29, 1.82) is 0 Å². The van der Waals surface area contributed by atoms with Crippen LogP contribution in [-0.4, -0.2) is 79.0 Å². The van der Waals surface area contributed by atoms with E-state index in [0.29, 0.717) is 31.9 Å². The molecule has 3 N–H and O–H groups in total. The van der Waals surface area contributed by atoms with E-state index in [1.165, 1.54) is 18.4 Å². The number of nitrogens with zero attached hydrogens (tertiary/aromatic N) is 6. The molecule has 0 bridgehead atoms. The number of hydrogen-bond acceptors (Lipinski definition) is 7. The van der Waals surface area contributed by atoms with Gasteiger partial charge in [-0.2, -0.15) is 0 Å². The topological polar surface area (TPSA) is 130 Å². The Labute approximate surface area is 280 Å². The lowest BCUT2D eigenvalue weighted by Gasteiger charge is -2.29. The molecule has 0 spiro atoms. The third-order valence-electron chi connectivity index (χ3n) is 9.21. The number of hydrogen-bond donors (Lipinski definition) is 3. The minimum absolute atomic E-state index is 0.0295. The fraction of sp³-hybridized carbons (Fsp3) is 0.378. The Morgan fingerprint density at radius 2 is 1.69 bits per heavy atom. The number of imidazole rings is 2. The summed E-state index contributed by atoms with van der Waals surface area (Å²) in [5, 5.41) is 11.2. The number of carbonyl (C=O) groups is 1. The standard InChI is InChI=1S/C37H43N9O2/c1-3-29-24-46(44-43-29)17-6-16-38-35(47)9-5-20-48-30-8-4-7-27(21-30)36-39-32-13-11-28(23-34(32)42-36)37-40-31-12-10-26(22-33(31)41-37)25-14-18-45(2)19-15-25/h4,7-8,10-13,21-25H,3,5-6,9,14-20H2,1-2H3,(H,38,47)(H,39,42)(H,40,41). The SMILES string of the molecule is CCc1cn(CCCNC(=O)CCCOc2cccc(-c3nc4ccc(-c5nc6ccc(C7CCN(C)CC7)cc6[nH]5)cc4[nH]3)c2)nn1. The Hall–Kier alpha value is -5.03. The third kappa shape index (κ3) is 7.41. The molecule has 1 saturated heterocycles. The van der Waals surface area contributed by atoms with Gasteiger partial charge in [-0.3, -0.25) is 9.48 Å². The van der Waals surface area contributed by atoms with E-state index in [-0.39, 0.29) is 5.91 Å². The molecule has 4 heterocycles. The van der Waals surface area contributed by atoms with Crippen LogP contribution in [0.4, 0.5) is 0 Å². The van der Waals surface area contributed by atoms with Crippen molar-refractivity contribution in [2.24, 2.45) is 0 Å². The van der Waals surface area contributed by atoms with Gasteiger partial charge in [-0.25, -0.2) is 9.97 Å². The molecule has 1 amide bonds. The van der Waals surface area contributed by atoms with Crippen LogP contribution >= 0.6 is 0 Å². The number of likely N-dealkylation sites (tertiary alicyclic amines) is 1. The molecule has 0 unspecified atom stereocenters. The molecule has 11 heteroatoms. The lowest BCUT2D eigenvalue weighted by atomic mass is 9.89. The van der Waals surface area contributed by atoms with Crippen LogP contribution < -0.4 is 10.1 Å². The smallest absolute Gasteiger partial charge is 0.220 e. The number of nitrogens with one attached hydrogen (secondary N) is 3. The first-order valence-corrected chi connectivity index (χ1v) is 17.1. The van der Waals surface area contributed by atoms with E-state index in [2.05, 4.69) is 74.8 Å². The zero-order chi connectivity index (χ0) is 32.9. The number of carbonyl (C=O) groups excluding carboxylic acids is 1. The van der Waals surface area contributed by atoms with Crippen LogP contribution in [0.2, 0.25) is 0 Å². The van der Waals surface area contributed by atoms with Crippen LogP contribution in [0.25, 0.3) is 44.8 Å². The summed E-state index contributed by atoms with van der Waals surface area (Å²) in [7, 11) is 2.20. The number of H-pyrrole nitrogens is 2. The van der Waals surface area contributed by atoms with Gasteiger partial charge in [-0.1, -0.05) is 30.3 Å². The number of amides is 1. The molecule has 0 aliphatic carbocycles. The number of piperidine rings is 1. The number of rotatable bonds is 13. The van der Waals surface area contributed by atoms with Crippen molar-refractivity contribution in [2.75, 3.05) is 33.3 Å². The molecule has 248 valence electrons. The van der Waals surface area contributed by atoms with E-state index in [0.717, 1.165) is 88.8 Å². The predicted octanol–water partition coefficient (Wildman–Crippen LogP) is 6.10. The molecule has 0 saturated carbocycles. The second-order valence-electron chi connectivity index (χ2n) is 12.8. The molecule has 11 nitrogen and oxygen atoms in total. The first kappa shape index (κ1) is 31.6. The van der Waals surface area contributed by atoms with Gasteiger partial charge in [0, 0.05) is 36.8 Å². The highest BCUT2D eigenvalue weighted by Crippen LogP contribution is 2.31. The van der Waals surface area contributed by atoms with Gasteiger partial charge in [0.15, 0.2) is 0 Å². The molecular formula is C37H43N9O2. The second kappa shape index (κ2) is 14.4. The third-order valence-corrected chi connectivity index (χ3v) is 9.21. The molecule has 0 atom stereocenters. The zero-order valence-corrected chi connectivity index (χ0v) is 27.7. The van der Waals surface area contributed by atoms with Crippen molar-refractivity contribution < 1.29 is 9.53 Å². The summed E-state index contributed by atoms with van der Waals surface area (Å²) in [6.45, 7) is 6.15. The van der Waals surface area contributed by atoms with E-state index in [9.17, 15) is 4.79 Å². The van der Waals surface area contributed by atoms with Gasteiger partial charge in [0.25, 0.3) is 0 Å². The minimum atomic E-state index is 0.0295. The summed E-state index contributed by atoms with van der Waals surface area (Å²) in [5.74, 6) is 3.01. The normalized spacial score (nSPS) is 14.2. The molecule has 7 rings (SSSR count). The second-order valence-corrected chi connectivity index (χ2v) is 12.8. The summed E-state index contributed by atoms with van der Waals surface area (Å²) < 4.78 is 7.81. The van der Waals surface area contributed by atoms with Crippen molar-refractivity contribution in [3.05, 3.63) is 78.1 Å². The average Bonchev–Trinajstić information content (AvgIpc) is 3.87. The molecule has 1 aliphatic rings. The predicted molar refractivity (Wildman–Crippen MR) is 188 cm³/mol. The summed E-state index contributed by atoms with van der Waals surface area (Å²) >= 11 is 0. The van der Waals surface area contributed by atoms with E-state index in [1.807, 2.05) is 41.2 Å². The minimum Gasteiger partial charge on any atom is -0.494 e. The molecule has 1 fully saturated rings. The van der Waals surface area contributed by atoms with Gasteiger partial charge in [-0.15, -0.1) is 5.10 Å². The molecule has 48 heavy (non-hydrogen) atoms. The van der Waals surface area contributed by atoms with Gasteiger partial charge in [0.05, 0.1) is 34.4 Å². The van der Waals surface area contributed by atoms with Crippen LogP contribution in [0.1, 0.15) is 56.2 Å². The van der Waals surface area contributed by atoms with Gasteiger partial charge in [0.2, 0.25) is 5.91 Å². The summed E-state index contributed by atoms with van der Waals surface area (Å²) in [5.41, 5.74) is 8.21. The lowest BCUT2D eigenvalue weighted by molar-refractivity contribution is -0.121. The monoisotopic (exact) mass is 645 g/mol. The van der Waals surface area contributed by atoms with Crippen molar-refractivity contribution in [1.82, 2.24) is 45.1 Å². The Morgan fingerprint density at radius 3 is 2.46 bits per heavy atom. The van der Waals surface area contributed by atoms with E-state index in [1.54, 1.807) is 0 Å². The first-order chi connectivity index (χ1) is 23.5. The van der Waals surface area contributed by atoms with Crippen LogP contribution in [-0.2, 0) is 17.8 Å². The van der Waals surface area contributed by atoms with Crippen LogP contribution in [0.5, 0.6) is 5.75 Å². The lowest BCUT2D eigenvalue weighted by Crippen LogP contribution is -2.29. The van der Waals surface area contributed by atoms with Gasteiger partial charge < -0.3 is 24.9 Å². The Balaban J connectivity index is 0.925. The van der Waals surface area contributed by atoms with E-state index in [4.69, 9.17) is 14.7 Å². The largest absolute Gasteiger partial charge is 0.494 e.